The minimum atomic E-state index is -1.39. The molecule has 3 aromatic carbocycles. The number of halogens is 6. The fourth-order valence-corrected chi connectivity index (χ4v) is 5.07. The standard InChI is InChI=1S/C32H21F6N5O3/c33-14-32(3-4-32)15-43-26-8-19(30(44)45)7-24(37)29(26)41-27(43)9-18-6-23(36)20(10-22(18)35)28-25(38)12-40-31(42-28)46-13-17-2-1-16(11-39)5-21(17)34/h1-2,5-8,10,12H,3-4,9,13-15H2,(H,44,45). The molecule has 234 valence electrons. The molecule has 2 aromatic heterocycles. The van der Waals surface area contributed by atoms with E-state index < -0.39 is 77.4 Å². The number of aromatic carboxylic acids is 1. The molecule has 1 aliphatic rings. The monoisotopic (exact) mass is 637 g/mol. The Balaban J connectivity index is 1.32. The van der Waals surface area contributed by atoms with E-state index in [1.165, 1.54) is 22.8 Å². The highest BCUT2D eigenvalue weighted by molar-refractivity contribution is 5.92. The number of carboxylic acid groups (broad SMARTS) is 1. The lowest BCUT2D eigenvalue weighted by atomic mass is 10.0. The Hall–Kier alpha value is -5.45. The molecule has 0 atom stereocenters. The van der Waals surface area contributed by atoms with Crippen LogP contribution in [0.2, 0.25) is 0 Å². The highest BCUT2D eigenvalue weighted by Crippen LogP contribution is 2.48. The summed E-state index contributed by atoms with van der Waals surface area (Å²) in [7, 11) is 0. The smallest absolute Gasteiger partial charge is 0.335 e. The number of benzene rings is 3. The summed E-state index contributed by atoms with van der Waals surface area (Å²) in [5.41, 5.74) is -2.58. The van der Waals surface area contributed by atoms with Gasteiger partial charge in [-0.3, -0.25) is 4.39 Å². The zero-order valence-corrected chi connectivity index (χ0v) is 23.6. The number of fused-ring (bicyclic) bond motifs is 1. The number of alkyl halides is 1. The molecule has 0 amide bonds. The number of carboxylic acids is 1. The van der Waals surface area contributed by atoms with Crippen molar-refractivity contribution < 1.29 is 41.0 Å². The van der Waals surface area contributed by atoms with E-state index in [1.807, 2.05) is 0 Å². The Kier molecular flexibility index (Phi) is 7.85. The van der Waals surface area contributed by atoms with Gasteiger partial charge in [0.15, 0.2) is 11.6 Å². The van der Waals surface area contributed by atoms with Gasteiger partial charge in [-0.2, -0.15) is 10.2 Å². The zero-order valence-electron chi connectivity index (χ0n) is 23.6. The Morgan fingerprint density at radius 2 is 1.72 bits per heavy atom. The van der Waals surface area contributed by atoms with Gasteiger partial charge in [0.1, 0.15) is 41.1 Å². The van der Waals surface area contributed by atoms with Crippen LogP contribution in [0.4, 0.5) is 26.3 Å². The molecule has 8 nitrogen and oxygen atoms in total. The molecular weight excluding hydrogens is 616 g/mol. The topological polar surface area (TPSA) is 114 Å². The van der Waals surface area contributed by atoms with Gasteiger partial charge in [-0.15, -0.1) is 0 Å². The summed E-state index contributed by atoms with van der Waals surface area (Å²) in [6.45, 7) is -1.08. The van der Waals surface area contributed by atoms with Crippen molar-refractivity contribution in [1.29, 1.82) is 5.26 Å². The average molecular weight is 638 g/mol. The first-order valence-electron chi connectivity index (χ1n) is 13.8. The second-order valence-corrected chi connectivity index (χ2v) is 11.0. The van der Waals surface area contributed by atoms with Gasteiger partial charge in [0.2, 0.25) is 0 Å². The third-order valence-corrected chi connectivity index (χ3v) is 7.87. The average Bonchev–Trinajstić information content (AvgIpc) is 3.73. The van der Waals surface area contributed by atoms with Crippen molar-refractivity contribution in [2.75, 3.05) is 6.67 Å². The minimum Gasteiger partial charge on any atom is -0.478 e. The van der Waals surface area contributed by atoms with E-state index in [0.717, 1.165) is 18.2 Å². The predicted octanol–water partition coefficient (Wildman–Crippen LogP) is 6.68. The van der Waals surface area contributed by atoms with Crippen LogP contribution < -0.4 is 4.74 Å². The van der Waals surface area contributed by atoms with Crippen LogP contribution in [0.25, 0.3) is 22.3 Å². The number of aromatic nitrogens is 4. The second-order valence-electron chi connectivity index (χ2n) is 11.0. The van der Waals surface area contributed by atoms with E-state index in [4.69, 9.17) is 10.00 Å². The Labute approximate surface area is 256 Å². The van der Waals surface area contributed by atoms with Crippen LogP contribution in [0.5, 0.6) is 6.01 Å². The highest BCUT2D eigenvalue weighted by Gasteiger charge is 2.44. The number of carbonyl (C=O) groups is 1. The van der Waals surface area contributed by atoms with Gasteiger partial charge in [-0.05, 0) is 54.8 Å². The molecule has 1 saturated carbocycles. The SMILES string of the molecule is N#Cc1ccc(COc2ncc(F)c(-c3cc(F)c(Cc4nc5c(F)cc(C(=O)O)cc5n4CC4(CF)CC4)cc3F)n2)c(F)c1. The number of ether oxygens (including phenoxy) is 1. The highest BCUT2D eigenvalue weighted by atomic mass is 19.1. The first kappa shape index (κ1) is 30.6. The number of imidazole rings is 1. The van der Waals surface area contributed by atoms with Crippen molar-refractivity contribution in [2.45, 2.75) is 32.4 Å². The van der Waals surface area contributed by atoms with E-state index in [2.05, 4.69) is 15.0 Å². The van der Waals surface area contributed by atoms with Gasteiger partial charge >= 0.3 is 12.0 Å². The maximum Gasteiger partial charge on any atom is 0.335 e. The maximum atomic E-state index is 15.5. The van der Waals surface area contributed by atoms with Crippen molar-refractivity contribution in [3.8, 4) is 23.3 Å². The predicted molar refractivity (Wildman–Crippen MR) is 150 cm³/mol. The lowest BCUT2D eigenvalue weighted by Crippen LogP contribution is -2.16. The Morgan fingerprint density at radius 1 is 0.957 bits per heavy atom. The molecule has 0 radical (unpaired) electrons. The first-order valence-corrected chi connectivity index (χ1v) is 13.8. The van der Waals surface area contributed by atoms with Gasteiger partial charge in [0.05, 0.1) is 35.6 Å². The summed E-state index contributed by atoms with van der Waals surface area (Å²) in [6.07, 6.45) is 1.34. The van der Waals surface area contributed by atoms with E-state index in [1.54, 1.807) is 6.07 Å². The Bertz CT molecular complexity index is 2070. The molecule has 6 rings (SSSR count). The largest absolute Gasteiger partial charge is 0.478 e. The van der Waals surface area contributed by atoms with Gasteiger partial charge in [0, 0.05) is 29.5 Å². The van der Waals surface area contributed by atoms with E-state index in [9.17, 15) is 27.5 Å². The van der Waals surface area contributed by atoms with E-state index in [-0.39, 0.29) is 45.7 Å². The molecule has 14 heteroatoms. The molecular formula is C32H21F6N5O3. The molecule has 0 spiro atoms. The minimum absolute atomic E-state index is 0.0152. The fourth-order valence-electron chi connectivity index (χ4n) is 5.07. The molecule has 46 heavy (non-hydrogen) atoms. The molecule has 1 N–H and O–H groups in total. The van der Waals surface area contributed by atoms with Crippen LogP contribution in [0, 0.1) is 45.8 Å². The lowest BCUT2D eigenvalue weighted by Gasteiger charge is -2.16. The van der Waals surface area contributed by atoms with Crippen LogP contribution >= 0.6 is 0 Å². The van der Waals surface area contributed by atoms with Crippen molar-refractivity contribution in [3.63, 3.8) is 0 Å². The molecule has 0 saturated heterocycles. The molecule has 1 fully saturated rings. The maximum absolute atomic E-state index is 15.5. The van der Waals surface area contributed by atoms with Crippen molar-refractivity contribution in [2.24, 2.45) is 5.41 Å². The molecule has 5 aromatic rings. The van der Waals surface area contributed by atoms with Gasteiger partial charge in [-0.25, -0.2) is 36.7 Å². The molecule has 1 aliphatic carbocycles. The number of nitriles is 1. The van der Waals surface area contributed by atoms with Crippen LogP contribution in [-0.2, 0) is 19.6 Å². The summed E-state index contributed by atoms with van der Waals surface area (Å²) in [6, 6.07) is 8.49. The summed E-state index contributed by atoms with van der Waals surface area (Å²) < 4.78 is 95.4. The number of hydrogen-bond donors (Lipinski definition) is 1. The van der Waals surface area contributed by atoms with Crippen LogP contribution in [0.15, 0.2) is 48.7 Å². The second kappa shape index (κ2) is 11.8. The normalized spacial score (nSPS) is 13.5. The van der Waals surface area contributed by atoms with Crippen molar-refractivity contribution in [3.05, 3.63) is 106 Å². The third kappa shape index (κ3) is 5.83. The van der Waals surface area contributed by atoms with Crippen molar-refractivity contribution in [1.82, 2.24) is 19.5 Å². The van der Waals surface area contributed by atoms with Gasteiger partial charge in [-0.1, -0.05) is 6.07 Å². The molecule has 0 aliphatic heterocycles. The van der Waals surface area contributed by atoms with E-state index in [0.29, 0.717) is 25.1 Å². The van der Waals surface area contributed by atoms with Crippen LogP contribution in [0.3, 0.4) is 0 Å². The summed E-state index contributed by atoms with van der Waals surface area (Å²) in [5.74, 6) is -6.20. The quantitative estimate of drug-likeness (QED) is 0.170. The van der Waals surface area contributed by atoms with Crippen molar-refractivity contribution >= 4 is 17.0 Å². The lowest BCUT2D eigenvalue weighted by molar-refractivity contribution is 0.0696. The van der Waals surface area contributed by atoms with Crippen LogP contribution in [0.1, 0.15) is 45.7 Å². The number of hydrogen-bond acceptors (Lipinski definition) is 6. The summed E-state index contributed by atoms with van der Waals surface area (Å²) >= 11 is 0. The third-order valence-electron chi connectivity index (χ3n) is 7.87. The number of rotatable bonds is 10. The Morgan fingerprint density at radius 3 is 2.39 bits per heavy atom. The zero-order chi connectivity index (χ0) is 32.7. The summed E-state index contributed by atoms with van der Waals surface area (Å²) in [5, 5.41) is 18.3. The molecule has 0 unspecified atom stereocenters. The summed E-state index contributed by atoms with van der Waals surface area (Å²) in [4.78, 5) is 23.3. The molecule has 2 heterocycles. The van der Waals surface area contributed by atoms with Gasteiger partial charge < -0.3 is 14.4 Å². The first-order chi connectivity index (χ1) is 22.0. The number of nitrogens with zero attached hydrogens (tertiary/aromatic N) is 5. The molecule has 0 bridgehead atoms. The fraction of sp³-hybridized carbons (Fsp3) is 0.219. The van der Waals surface area contributed by atoms with Crippen LogP contribution in [-0.4, -0.2) is 37.3 Å². The van der Waals surface area contributed by atoms with E-state index >= 15 is 8.78 Å². The van der Waals surface area contributed by atoms with Gasteiger partial charge in [0.25, 0.3) is 0 Å².